The fourth-order valence-electron chi connectivity index (χ4n) is 7.68. The molecule has 0 heterocycles. The predicted molar refractivity (Wildman–Crippen MR) is 248 cm³/mol. The van der Waals surface area contributed by atoms with Crippen LogP contribution in [0.4, 0.5) is 0 Å². The molecule has 0 saturated carbocycles. The normalized spacial score (nSPS) is 12.8. The van der Waals surface area contributed by atoms with Crippen LogP contribution in [0.15, 0.2) is 146 Å². The molecule has 0 nitrogen and oxygen atoms in total. The van der Waals surface area contributed by atoms with E-state index in [-0.39, 0.29) is 10.8 Å². The van der Waals surface area contributed by atoms with E-state index in [4.69, 9.17) is 0 Å². The summed E-state index contributed by atoms with van der Waals surface area (Å²) in [5, 5.41) is 0. The maximum absolute atomic E-state index is 3.88. The van der Waals surface area contributed by atoms with Gasteiger partial charge >= 0.3 is 138 Å². The molecule has 1 heteroatoms. The van der Waals surface area contributed by atoms with E-state index in [1.54, 1.807) is 0 Å². The minimum Gasteiger partial charge on any atom is -0.273 e. The first kappa shape index (κ1) is 43.1. The molecule has 8 rings (SSSR count). The second kappa shape index (κ2) is 18.6. The Morgan fingerprint density at radius 2 is 1.07 bits per heavy atom. The summed E-state index contributed by atoms with van der Waals surface area (Å²) in [5.74, 6) is 1.20. The minimum atomic E-state index is 0.0380. The fourth-order valence-corrected chi connectivity index (χ4v) is 8.50. The van der Waals surface area contributed by atoms with E-state index in [1.807, 2.05) is 12.2 Å². The first-order valence-corrected chi connectivity index (χ1v) is 22.2. The maximum atomic E-state index is 3.88. The molecule has 0 unspecified atom stereocenters. The summed E-state index contributed by atoms with van der Waals surface area (Å²) in [7, 11) is 0. The first-order chi connectivity index (χ1) is 27.6. The Morgan fingerprint density at radius 1 is 0.569 bits per heavy atom. The Hall–Kier alpha value is -4.45. The molecule has 292 valence electrons. The molecule has 0 spiro atoms. The van der Waals surface area contributed by atoms with E-state index in [1.165, 1.54) is 105 Å². The fraction of sp³-hybridized carbons (Fsp3) is 0.281. The van der Waals surface area contributed by atoms with Crippen LogP contribution in [-0.4, -0.2) is 3.21 Å². The van der Waals surface area contributed by atoms with Gasteiger partial charge in [-0.25, -0.2) is 12.2 Å². The van der Waals surface area contributed by atoms with Crippen molar-refractivity contribution in [2.75, 3.05) is 0 Å². The molecule has 0 atom stereocenters. The van der Waals surface area contributed by atoms with Gasteiger partial charge in [0.1, 0.15) is 0 Å². The van der Waals surface area contributed by atoms with Crippen molar-refractivity contribution in [3.05, 3.63) is 202 Å². The van der Waals surface area contributed by atoms with Crippen LogP contribution in [0.2, 0.25) is 0 Å². The second-order valence-electron chi connectivity index (χ2n) is 18.3. The standard InChI is InChI=1S/C33H33.C19H22.C5H5.Zr/c1-32(2,3)30-20-26-24(18-28(30)22-13-9-7-10-14-22)17-25-19-29(23-15-11-8-12-16-23)31(21-27(25)26)33(4,5)6;1-14(2)18-9-5-16(6-10-18)13-17-7-11-19(12-8-17)15(3)4;1-2-4-5-3-1;/h7-16,18,20-21H,17H2,1-6H3;5-12,14-15H,1-4H3;1-3H,4H2;/q-1;;-1;+2. The second-order valence-corrected chi connectivity index (χ2v) is 19.6. The van der Waals surface area contributed by atoms with Crippen molar-refractivity contribution < 1.29 is 24.2 Å². The van der Waals surface area contributed by atoms with Gasteiger partial charge in [-0.15, -0.1) is 35.2 Å². The predicted octanol–water partition coefficient (Wildman–Crippen LogP) is 15.3. The van der Waals surface area contributed by atoms with Gasteiger partial charge in [-0.3, -0.25) is 6.08 Å². The third-order valence-corrected chi connectivity index (χ3v) is 12.6. The van der Waals surface area contributed by atoms with Crippen LogP contribution in [0.3, 0.4) is 0 Å². The Morgan fingerprint density at radius 3 is 1.50 bits per heavy atom. The average Bonchev–Trinajstić information content (AvgIpc) is 3.92. The molecule has 6 aromatic rings. The van der Waals surface area contributed by atoms with Crippen LogP contribution in [0.5, 0.6) is 0 Å². The SMILES string of the molecule is CC(C)(C)c1cc2c([c-]c1-c1ccccc1)Cc1cc(-c3ccccc3)c(C(C)(C)C)cc1-2.CC(C)c1ccc([C](=[Zr+2])c2ccc(C(C)C)cc2)cc1.[C-]1=CC=CC1. The largest absolute Gasteiger partial charge is 0.273 e. The molecule has 0 bridgehead atoms. The Bertz CT molecular complexity index is 2200. The van der Waals surface area contributed by atoms with Crippen molar-refractivity contribution in [2.24, 2.45) is 0 Å². The summed E-state index contributed by atoms with van der Waals surface area (Å²) >= 11 is 1.47. The molecule has 0 N–H and O–H groups in total. The van der Waals surface area contributed by atoms with Crippen LogP contribution < -0.4 is 0 Å². The molecule has 0 amide bonds. The summed E-state index contributed by atoms with van der Waals surface area (Å²) in [4.78, 5) is 0. The number of allylic oxidation sites excluding steroid dienone is 4. The maximum Gasteiger partial charge on any atom is -0.109 e. The van der Waals surface area contributed by atoms with Crippen molar-refractivity contribution >= 4 is 3.21 Å². The van der Waals surface area contributed by atoms with E-state index in [2.05, 4.69) is 215 Å². The quantitative estimate of drug-likeness (QED) is 0.146. The van der Waals surface area contributed by atoms with Crippen LogP contribution in [0.1, 0.15) is 132 Å². The molecule has 2 aliphatic rings. The summed E-state index contributed by atoms with van der Waals surface area (Å²) in [6.45, 7) is 22.8. The van der Waals surface area contributed by atoms with Crippen molar-refractivity contribution in [1.82, 2.24) is 0 Å². The zero-order chi connectivity index (χ0) is 41.6. The third kappa shape index (κ3) is 10.4. The summed E-state index contributed by atoms with van der Waals surface area (Å²) in [6, 6.07) is 50.9. The third-order valence-electron chi connectivity index (χ3n) is 11.1. The topological polar surface area (TPSA) is 0 Å². The van der Waals surface area contributed by atoms with Crippen LogP contribution in [0, 0.1) is 12.1 Å². The van der Waals surface area contributed by atoms with Gasteiger partial charge in [0.05, 0.1) is 0 Å². The van der Waals surface area contributed by atoms with Gasteiger partial charge in [-0.1, -0.05) is 131 Å². The van der Waals surface area contributed by atoms with Crippen LogP contribution in [-0.2, 0) is 41.5 Å². The van der Waals surface area contributed by atoms with Gasteiger partial charge in [0.25, 0.3) is 0 Å². The van der Waals surface area contributed by atoms with Crippen LogP contribution in [0.25, 0.3) is 33.4 Å². The van der Waals surface area contributed by atoms with Crippen molar-refractivity contribution in [3.8, 4) is 33.4 Å². The molecular weight excluding hydrogens is 776 g/mol. The summed E-state index contributed by atoms with van der Waals surface area (Å²) in [6.07, 6.45) is 10.9. The van der Waals surface area contributed by atoms with E-state index in [9.17, 15) is 0 Å². The monoisotopic (exact) mass is 834 g/mol. The molecular formula is C57H60Zr. The van der Waals surface area contributed by atoms with Gasteiger partial charge in [-0.05, 0) is 39.5 Å². The van der Waals surface area contributed by atoms with Gasteiger partial charge in [0.2, 0.25) is 0 Å². The molecule has 0 aliphatic heterocycles. The molecule has 2 aliphatic carbocycles. The minimum absolute atomic E-state index is 0.0380. The zero-order valence-corrected chi connectivity index (χ0v) is 38.9. The molecule has 58 heavy (non-hydrogen) atoms. The summed E-state index contributed by atoms with van der Waals surface area (Å²) in [5.41, 5.74) is 19.0. The van der Waals surface area contributed by atoms with Gasteiger partial charge in [-0.2, -0.15) is 6.08 Å². The zero-order valence-electron chi connectivity index (χ0n) is 36.4. The van der Waals surface area contributed by atoms with E-state index >= 15 is 0 Å². The van der Waals surface area contributed by atoms with Crippen LogP contribution >= 0.6 is 0 Å². The molecule has 6 aromatic carbocycles. The number of hydrogen-bond donors (Lipinski definition) is 0. The Balaban J connectivity index is 0.000000191. The van der Waals surface area contributed by atoms with Crippen molar-refractivity contribution in [1.29, 1.82) is 0 Å². The van der Waals surface area contributed by atoms with Gasteiger partial charge < -0.3 is 0 Å². The molecule has 0 saturated heterocycles. The van der Waals surface area contributed by atoms with E-state index in [0.717, 1.165) is 12.8 Å². The number of rotatable bonds is 6. The number of benzene rings is 6. The van der Waals surface area contributed by atoms with E-state index < -0.39 is 0 Å². The first-order valence-electron chi connectivity index (χ1n) is 21.0. The van der Waals surface area contributed by atoms with Gasteiger partial charge in [0, 0.05) is 0 Å². The smallest absolute Gasteiger partial charge is 0.109 e. The Kier molecular flexibility index (Phi) is 13.9. The van der Waals surface area contributed by atoms with Crippen molar-refractivity contribution in [3.63, 3.8) is 0 Å². The number of hydrogen-bond acceptors (Lipinski definition) is 0. The Labute approximate surface area is 365 Å². The molecule has 0 aromatic heterocycles. The number of fused-ring (bicyclic) bond motifs is 3. The summed E-state index contributed by atoms with van der Waals surface area (Å²) < 4.78 is 1.43. The molecule has 0 radical (unpaired) electrons. The molecule has 0 fully saturated rings. The van der Waals surface area contributed by atoms with E-state index in [0.29, 0.717) is 11.8 Å². The van der Waals surface area contributed by atoms with Crippen molar-refractivity contribution in [2.45, 2.75) is 105 Å². The average molecular weight is 836 g/mol. The van der Waals surface area contributed by atoms with Gasteiger partial charge in [0.15, 0.2) is 0 Å².